The topological polar surface area (TPSA) is 93.6 Å². The number of anilines is 2. The molecule has 0 saturated carbocycles. The highest BCUT2D eigenvalue weighted by Gasteiger charge is 2.38. The number of amides is 3. The third kappa shape index (κ3) is 13.6. The average Bonchev–Trinajstić information content (AvgIpc) is 3.08. The number of nitrogens with zero attached hydrogens (tertiary/aromatic N) is 4. The maximum Gasteiger partial charge on any atom is 0.490 e. The van der Waals surface area contributed by atoms with Crippen molar-refractivity contribution in [3.05, 3.63) is 53.6 Å². The Labute approximate surface area is 291 Å². The van der Waals surface area contributed by atoms with Gasteiger partial charge < -0.3 is 19.6 Å². The Morgan fingerprint density at radius 1 is 0.939 bits per heavy atom. The van der Waals surface area contributed by atoms with Gasteiger partial charge in [0, 0.05) is 43.5 Å². The second-order valence-electron chi connectivity index (χ2n) is 11.7. The Morgan fingerprint density at radius 2 is 1.47 bits per heavy atom. The third-order valence-electron chi connectivity index (χ3n) is 7.89. The molecular formula is C37H57F3N4O5. The molecule has 0 bridgehead atoms. The van der Waals surface area contributed by atoms with Crippen molar-refractivity contribution in [3.8, 4) is 5.75 Å². The van der Waals surface area contributed by atoms with Gasteiger partial charge in [0.25, 0.3) is 0 Å². The van der Waals surface area contributed by atoms with E-state index in [-0.39, 0.29) is 18.5 Å². The minimum absolute atomic E-state index is 0.130. The van der Waals surface area contributed by atoms with Crippen LogP contribution in [0.15, 0.2) is 42.5 Å². The lowest BCUT2D eigenvalue weighted by Gasteiger charge is -2.40. The molecule has 0 spiro atoms. The van der Waals surface area contributed by atoms with E-state index in [1.807, 2.05) is 38.1 Å². The zero-order valence-corrected chi connectivity index (χ0v) is 30.6. The smallest absolute Gasteiger partial charge is 0.490 e. The van der Waals surface area contributed by atoms with E-state index < -0.39 is 12.1 Å². The molecule has 1 N–H and O–H groups in total. The highest BCUT2D eigenvalue weighted by molar-refractivity contribution is 6.06. The molecule has 2 aliphatic heterocycles. The van der Waals surface area contributed by atoms with Gasteiger partial charge in [0.05, 0.1) is 13.7 Å². The summed E-state index contributed by atoms with van der Waals surface area (Å²) in [4.78, 5) is 43.2. The number of aliphatic carboxylic acids is 1. The average molecular weight is 695 g/mol. The van der Waals surface area contributed by atoms with E-state index in [2.05, 4.69) is 62.6 Å². The van der Waals surface area contributed by atoms with Crippen molar-refractivity contribution < 1.29 is 37.4 Å². The Hall–Kier alpha value is -3.80. The summed E-state index contributed by atoms with van der Waals surface area (Å²) in [5.74, 6) is -2.14. The van der Waals surface area contributed by atoms with Crippen molar-refractivity contribution in [1.29, 1.82) is 0 Å². The van der Waals surface area contributed by atoms with Crippen molar-refractivity contribution in [2.24, 2.45) is 0 Å². The van der Waals surface area contributed by atoms with Gasteiger partial charge in [-0.05, 0) is 87.2 Å². The maximum absolute atomic E-state index is 13.4. The lowest BCUT2D eigenvalue weighted by Crippen LogP contribution is -2.52. The van der Waals surface area contributed by atoms with Crippen molar-refractivity contribution in [2.45, 2.75) is 106 Å². The van der Waals surface area contributed by atoms with Gasteiger partial charge >= 0.3 is 18.2 Å². The van der Waals surface area contributed by atoms with Gasteiger partial charge in [-0.2, -0.15) is 13.2 Å². The summed E-state index contributed by atoms with van der Waals surface area (Å²) in [7, 11) is 1.62. The fourth-order valence-electron chi connectivity index (χ4n) is 5.66. The molecule has 12 heteroatoms. The molecule has 2 aromatic carbocycles. The number of ether oxygens (including phenoxy) is 1. The number of carboxylic acids is 1. The summed E-state index contributed by atoms with van der Waals surface area (Å²) < 4.78 is 37.0. The third-order valence-corrected chi connectivity index (χ3v) is 7.89. The standard InChI is InChI=1S/C30H42N4O3.C3H8.C2HF3O2.C2H6/c1-5-16-31(17-6-2)25-13-18-32(19-14-25)26-9-12-28(23(3)21-26)33-20-15-29(35)34(30(33)36)22-24-7-10-27(37-4)11-8-24;1-3-2;3-2(4,5)1(6)7;1-2/h7-12,21,25H,5-6,13-20,22H2,1-4H3;3H2,1-2H3;(H,6,7);1-2H3. The number of alkyl halides is 3. The Morgan fingerprint density at radius 3 is 1.92 bits per heavy atom. The number of carbonyl (C=O) groups excluding carboxylic acids is 2. The largest absolute Gasteiger partial charge is 0.497 e. The van der Waals surface area contributed by atoms with Crippen LogP contribution < -0.4 is 14.5 Å². The van der Waals surface area contributed by atoms with E-state index in [9.17, 15) is 22.8 Å². The first-order valence-corrected chi connectivity index (χ1v) is 17.5. The molecule has 0 aliphatic carbocycles. The van der Waals surface area contributed by atoms with Crippen LogP contribution in [0.4, 0.5) is 29.3 Å². The van der Waals surface area contributed by atoms with Crippen molar-refractivity contribution in [2.75, 3.05) is 49.6 Å². The molecule has 0 aromatic heterocycles. The normalized spacial score (nSPS) is 15.1. The molecule has 2 saturated heterocycles. The quantitative estimate of drug-likeness (QED) is 0.267. The molecule has 2 fully saturated rings. The van der Waals surface area contributed by atoms with Crippen LogP contribution in [-0.2, 0) is 16.1 Å². The molecule has 276 valence electrons. The molecule has 9 nitrogen and oxygen atoms in total. The number of hydrogen-bond donors (Lipinski definition) is 1. The molecule has 0 atom stereocenters. The number of imide groups is 1. The number of aryl methyl sites for hydroxylation is 1. The Balaban J connectivity index is 0.000000868. The maximum atomic E-state index is 13.4. The van der Waals surface area contributed by atoms with Crippen LogP contribution in [0.5, 0.6) is 5.75 Å². The molecule has 0 radical (unpaired) electrons. The first-order valence-electron chi connectivity index (χ1n) is 17.5. The number of hydrogen-bond acceptors (Lipinski definition) is 6. The van der Waals surface area contributed by atoms with E-state index in [0.717, 1.165) is 35.7 Å². The number of methoxy groups -OCH3 is 1. The van der Waals surface area contributed by atoms with Gasteiger partial charge in [-0.15, -0.1) is 0 Å². The molecule has 2 heterocycles. The number of urea groups is 1. The van der Waals surface area contributed by atoms with E-state index in [0.29, 0.717) is 19.0 Å². The van der Waals surface area contributed by atoms with E-state index in [4.69, 9.17) is 14.6 Å². The summed E-state index contributed by atoms with van der Waals surface area (Å²) in [5.41, 5.74) is 4.06. The van der Waals surface area contributed by atoms with Crippen molar-refractivity contribution >= 4 is 29.3 Å². The van der Waals surface area contributed by atoms with Crippen molar-refractivity contribution in [1.82, 2.24) is 9.80 Å². The van der Waals surface area contributed by atoms with E-state index >= 15 is 0 Å². The number of carbonyl (C=O) groups is 3. The highest BCUT2D eigenvalue weighted by atomic mass is 19.4. The number of carboxylic acid groups (broad SMARTS) is 1. The van der Waals surface area contributed by atoms with Gasteiger partial charge in [-0.25, -0.2) is 9.59 Å². The second kappa shape index (κ2) is 22.0. The van der Waals surface area contributed by atoms with Crippen LogP contribution >= 0.6 is 0 Å². The van der Waals surface area contributed by atoms with Crippen LogP contribution in [0, 0.1) is 6.92 Å². The molecule has 0 unspecified atom stereocenters. The Bertz CT molecular complexity index is 1280. The van der Waals surface area contributed by atoms with Gasteiger partial charge in [0.1, 0.15) is 5.75 Å². The molecule has 2 aromatic rings. The van der Waals surface area contributed by atoms with Gasteiger partial charge in [-0.3, -0.25) is 14.6 Å². The van der Waals surface area contributed by atoms with E-state index in [1.165, 1.54) is 55.8 Å². The lowest BCUT2D eigenvalue weighted by molar-refractivity contribution is -0.192. The molecule has 49 heavy (non-hydrogen) atoms. The number of halogens is 3. The molecule has 3 amide bonds. The summed E-state index contributed by atoms with van der Waals surface area (Å²) in [6.07, 6.45) is 1.28. The number of benzene rings is 2. The van der Waals surface area contributed by atoms with Crippen LogP contribution in [0.2, 0.25) is 0 Å². The summed E-state index contributed by atoms with van der Waals surface area (Å²) >= 11 is 0. The highest BCUT2D eigenvalue weighted by Crippen LogP contribution is 2.31. The zero-order valence-electron chi connectivity index (χ0n) is 30.6. The van der Waals surface area contributed by atoms with Gasteiger partial charge in [0.15, 0.2) is 0 Å². The van der Waals surface area contributed by atoms with Crippen LogP contribution in [0.3, 0.4) is 0 Å². The summed E-state index contributed by atoms with van der Waals surface area (Å²) in [6, 6.07) is 14.3. The van der Waals surface area contributed by atoms with Crippen LogP contribution in [0.1, 0.15) is 91.2 Å². The second-order valence-corrected chi connectivity index (χ2v) is 11.7. The van der Waals surface area contributed by atoms with Crippen molar-refractivity contribution in [3.63, 3.8) is 0 Å². The predicted molar refractivity (Wildman–Crippen MR) is 190 cm³/mol. The summed E-state index contributed by atoms with van der Waals surface area (Å²) in [5, 5.41) is 7.12. The lowest BCUT2D eigenvalue weighted by atomic mass is 10.0. The minimum Gasteiger partial charge on any atom is -0.497 e. The SMILES string of the molecule is CC.CCC.CCCN(CCC)C1CCN(c2ccc(N3CCC(=O)N(Cc4ccc(OC)cc4)C3=O)c(C)c2)CC1.O=C(O)C(F)(F)F. The first kappa shape index (κ1) is 43.2. The molecular weight excluding hydrogens is 637 g/mol. The van der Waals surface area contributed by atoms with Crippen LogP contribution in [0.25, 0.3) is 0 Å². The summed E-state index contributed by atoms with van der Waals surface area (Å²) in [6.45, 7) is 20.0. The molecule has 4 rings (SSSR count). The monoisotopic (exact) mass is 694 g/mol. The van der Waals surface area contributed by atoms with Crippen LogP contribution in [-0.4, -0.2) is 84.9 Å². The number of rotatable bonds is 10. The zero-order chi connectivity index (χ0) is 37.1. The Kier molecular flexibility index (Phi) is 19.4. The predicted octanol–water partition coefficient (Wildman–Crippen LogP) is 8.53. The fourth-order valence-corrected chi connectivity index (χ4v) is 5.66. The van der Waals surface area contributed by atoms with Gasteiger partial charge in [0.2, 0.25) is 5.91 Å². The van der Waals surface area contributed by atoms with E-state index in [1.54, 1.807) is 12.0 Å². The first-order chi connectivity index (χ1) is 23.3. The molecule has 2 aliphatic rings. The van der Waals surface area contributed by atoms with Gasteiger partial charge in [-0.1, -0.05) is 60.1 Å². The minimum atomic E-state index is -5.08. The fraction of sp³-hybridized carbons (Fsp3) is 0.595. The number of piperidine rings is 1.